The molecule has 0 aliphatic rings. The van der Waals surface area contributed by atoms with Gasteiger partial charge in [0.25, 0.3) is 0 Å². The minimum Gasteiger partial charge on any atom is -0.481 e. The molecule has 0 radical (unpaired) electrons. The van der Waals surface area contributed by atoms with Crippen LogP contribution >= 0.6 is 31.9 Å². The Balaban J connectivity index is 2.81. The SMILES string of the molecule is CC(C(=O)O)C(=O)Nc1ccc(Br)cc1Br. The second-order valence-electron chi connectivity index (χ2n) is 3.17. The number of hydrogen-bond donors (Lipinski definition) is 2. The Morgan fingerprint density at radius 3 is 2.50 bits per heavy atom. The van der Waals surface area contributed by atoms with Crippen molar-refractivity contribution in [3.8, 4) is 0 Å². The summed E-state index contributed by atoms with van der Waals surface area (Å²) in [6, 6.07) is 5.20. The number of nitrogens with one attached hydrogen (secondary N) is 1. The van der Waals surface area contributed by atoms with E-state index in [-0.39, 0.29) is 0 Å². The van der Waals surface area contributed by atoms with Gasteiger partial charge in [-0.15, -0.1) is 0 Å². The molecule has 1 aromatic carbocycles. The van der Waals surface area contributed by atoms with Crippen LogP contribution in [0.2, 0.25) is 0 Å². The van der Waals surface area contributed by atoms with Crippen LogP contribution in [0, 0.1) is 5.92 Å². The molecular formula is C10H9Br2NO3. The molecule has 86 valence electrons. The van der Waals surface area contributed by atoms with E-state index in [0.717, 1.165) is 4.47 Å². The highest BCUT2D eigenvalue weighted by molar-refractivity contribution is 9.11. The van der Waals surface area contributed by atoms with Crippen LogP contribution in [0.3, 0.4) is 0 Å². The molecule has 0 aliphatic carbocycles. The first-order valence-electron chi connectivity index (χ1n) is 4.40. The van der Waals surface area contributed by atoms with E-state index in [4.69, 9.17) is 5.11 Å². The Labute approximate surface area is 109 Å². The summed E-state index contributed by atoms with van der Waals surface area (Å²) >= 11 is 6.55. The normalized spacial score (nSPS) is 11.9. The van der Waals surface area contributed by atoms with Gasteiger partial charge >= 0.3 is 5.97 Å². The van der Waals surface area contributed by atoms with Gasteiger partial charge in [0.2, 0.25) is 5.91 Å². The first-order valence-corrected chi connectivity index (χ1v) is 5.99. The van der Waals surface area contributed by atoms with Gasteiger partial charge in [-0.05, 0) is 41.1 Å². The Morgan fingerprint density at radius 2 is 2.00 bits per heavy atom. The molecule has 0 fully saturated rings. The van der Waals surface area contributed by atoms with Crippen molar-refractivity contribution >= 4 is 49.4 Å². The van der Waals surface area contributed by atoms with Crippen molar-refractivity contribution in [2.45, 2.75) is 6.92 Å². The number of carbonyl (C=O) groups is 2. The summed E-state index contributed by atoms with van der Waals surface area (Å²) in [7, 11) is 0. The highest BCUT2D eigenvalue weighted by atomic mass is 79.9. The molecule has 1 atom stereocenters. The van der Waals surface area contributed by atoms with E-state index in [2.05, 4.69) is 37.2 Å². The fourth-order valence-electron chi connectivity index (χ4n) is 0.944. The third-order valence-electron chi connectivity index (χ3n) is 1.95. The molecule has 0 bridgehead atoms. The van der Waals surface area contributed by atoms with Gasteiger partial charge in [-0.25, -0.2) is 0 Å². The summed E-state index contributed by atoms with van der Waals surface area (Å²) in [6.45, 7) is 1.34. The zero-order valence-corrected chi connectivity index (χ0v) is 11.5. The van der Waals surface area contributed by atoms with E-state index < -0.39 is 17.8 Å². The summed E-state index contributed by atoms with van der Waals surface area (Å²) in [4.78, 5) is 22.1. The number of carboxylic acids is 1. The number of amides is 1. The van der Waals surface area contributed by atoms with Crippen LogP contribution < -0.4 is 5.32 Å². The molecule has 6 heteroatoms. The molecule has 1 unspecified atom stereocenters. The number of carbonyl (C=O) groups excluding carboxylic acids is 1. The van der Waals surface area contributed by atoms with Gasteiger partial charge < -0.3 is 10.4 Å². The predicted octanol–water partition coefficient (Wildman–Crippen LogP) is 2.87. The maximum Gasteiger partial charge on any atom is 0.315 e. The van der Waals surface area contributed by atoms with Crippen LogP contribution in [0.1, 0.15) is 6.92 Å². The van der Waals surface area contributed by atoms with E-state index in [0.29, 0.717) is 10.2 Å². The first-order chi connectivity index (χ1) is 7.41. The van der Waals surface area contributed by atoms with Gasteiger partial charge in [-0.1, -0.05) is 15.9 Å². The lowest BCUT2D eigenvalue weighted by Gasteiger charge is -2.10. The van der Waals surface area contributed by atoms with Crippen molar-refractivity contribution in [2.75, 3.05) is 5.32 Å². The van der Waals surface area contributed by atoms with E-state index in [1.54, 1.807) is 18.2 Å². The van der Waals surface area contributed by atoms with E-state index in [1.807, 2.05) is 0 Å². The van der Waals surface area contributed by atoms with Crippen LogP contribution in [-0.2, 0) is 9.59 Å². The summed E-state index contributed by atoms with van der Waals surface area (Å²) in [5.74, 6) is -2.77. The molecule has 0 aromatic heterocycles. The second-order valence-corrected chi connectivity index (χ2v) is 4.94. The average Bonchev–Trinajstić information content (AvgIpc) is 2.20. The Kier molecular flexibility index (Phi) is 4.49. The van der Waals surface area contributed by atoms with Gasteiger partial charge in [-0.3, -0.25) is 9.59 Å². The van der Waals surface area contributed by atoms with Crippen LogP contribution in [0.4, 0.5) is 5.69 Å². The van der Waals surface area contributed by atoms with Gasteiger partial charge in [0, 0.05) is 8.95 Å². The molecule has 0 saturated carbocycles. The van der Waals surface area contributed by atoms with Crippen LogP contribution in [-0.4, -0.2) is 17.0 Å². The van der Waals surface area contributed by atoms with E-state index in [9.17, 15) is 9.59 Å². The number of carboxylic acid groups (broad SMARTS) is 1. The van der Waals surface area contributed by atoms with Crippen LogP contribution in [0.25, 0.3) is 0 Å². The van der Waals surface area contributed by atoms with Gasteiger partial charge in [0.05, 0.1) is 5.69 Å². The molecule has 16 heavy (non-hydrogen) atoms. The number of aliphatic carboxylic acids is 1. The third-order valence-corrected chi connectivity index (χ3v) is 3.10. The molecule has 0 spiro atoms. The third kappa shape index (κ3) is 3.31. The minimum atomic E-state index is -1.15. The van der Waals surface area contributed by atoms with E-state index >= 15 is 0 Å². The van der Waals surface area contributed by atoms with Crippen molar-refractivity contribution in [3.63, 3.8) is 0 Å². The smallest absolute Gasteiger partial charge is 0.315 e. The minimum absolute atomic E-state index is 0.543. The monoisotopic (exact) mass is 349 g/mol. The molecule has 2 N–H and O–H groups in total. The molecule has 0 heterocycles. The molecule has 0 saturated heterocycles. The summed E-state index contributed by atoms with van der Waals surface area (Å²) < 4.78 is 1.55. The topological polar surface area (TPSA) is 66.4 Å². The lowest BCUT2D eigenvalue weighted by molar-refractivity contribution is -0.144. The number of rotatable bonds is 3. The van der Waals surface area contributed by atoms with E-state index in [1.165, 1.54) is 6.92 Å². The standard InChI is InChI=1S/C10H9Br2NO3/c1-5(10(15)16)9(14)13-8-3-2-6(11)4-7(8)12/h2-5H,1H3,(H,13,14)(H,15,16). The highest BCUT2D eigenvalue weighted by Crippen LogP contribution is 2.26. The largest absolute Gasteiger partial charge is 0.481 e. The lowest BCUT2D eigenvalue weighted by atomic mass is 10.1. The van der Waals surface area contributed by atoms with Gasteiger partial charge in [-0.2, -0.15) is 0 Å². The zero-order valence-electron chi connectivity index (χ0n) is 8.33. The number of halogens is 2. The molecule has 1 amide bonds. The number of anilines is 1. The molecule has 4 nitrogen and oxygen atoms in total. The fraction of sp³-hybridized carbons (Fsp3) is 0.200. The molecular weight excluding hydrogens is 342 g/mol. The lowest BCUT2D eigenvalue weighted by Crippen LogP contribution is -2.26. The summed E-state index contributed by atoms with van der Waals surface area (Å²) in [5, 5.41) is 11.2. The van der Waals surface area contributed by atoms with Crippen molar-refractivity contribution in [1.29, 1.82) is 0 Å². The molecule has 0 aliphatic heterocycles. The predicted molar refractivity (Wildman–Crippen MR) is 67.3 cm³/mol. The zero-order chi connectivity index (χ0) is 12.3. The highest BCUT2D eigenvalue weighted by Gasteiger charge is 2.20. The Bertz CT molecular complexity index is 434. The van der Waals surface area contributed by atoms with Crippen molar-refractivity contribution < 1.29 is 14.7 Å². The van der Waals surface area contributed by atoms with Crippen LogP contribution in [0.5, 0.6) is 0 Å². The summed E-state index contributed by atoms with van der Waals surface area (Å²) in [6.07, 6.45) is 0. The maximum absolute atomic E-state index is 11.5. The molecule has 1 aromatic rings. The first kappa shape index (κ1) is 13.2. The Morgan fingerprint density at radius 1 is 1.38 bits per heavy atom. The van der Waals surface area contributed by atoms with Gasteiger partial charge in [0.15, 0.2) is 0 Å². The van der Waals surface area contributed by atoms with Gasteiger partial charge in [0.1, 0.15) is 5.92 Å². The fourth-order valence-corrected chi connectivity index (χ4v) is 2.09. The quantitative estimate of drug-likeness (QED) is 0.824. The van der Waals surface area contributed by atoms with Crippen molar-refractivity contribution in [2.24, 2.45) is 5.92 Å². The molecule has 1 rings (SSSR count). The summed E-state index contributed by atoms with van der Waals surface area (Å²) in [5.41, 5.74) is 0.543. The number of benzene rings is 1. The van der Waals surface area contributed by atoms with Crippen LogP contribution in [0.15, 0.2) is 27.1 Å². The Hall–Kier alpha value is -0.880. The van der Waals surface area contributed by atoms with Crippen molar-refractivity contribution in [3.05, 3.63) is 27.1 Å². The maximum atomic E-state index is 11.5. The number of hydrogen-bond acceptors (Lipinski definition) is 2. The second kappa shape index (κ2) is 5.45. The average molecular weight is 351 g/mol. The van der Waals surface area contributed by atoms with Crippen molar-refractivity contribution in [1.82, 2.24) is 0 Å².